The molecule has 4 atom stereocenters. The third-order valence-electron chi connectivity index (χ3n) is 3.76. The van der Waals surface area contributed by atoms with Gasteiger partial charge in [0.1, 0.15) is 5.76 Å². The molecular formula is C11H10O5. The van der Waals surface area contributed by atoms with Gasteiger partial charge in [-0.1, -0.05) is 6.58 Å². The van der Waals surface area contributed by atoms with Crippen LogP contribution in [0.1, 0.15) is 12.8 Å². The summed E-state index contributed by atoms with van der Waals surface area (Å²) in [5, 5.41) is 0. The van der Waals surface area contributed by atoms with Crippen LogP contribution in [-0.2, 0) is 23.9 Å². The molecule has 2 heterocycles. The molecule has 2 aliphatic heterocycles. The van der Waals surface area contributed by atoms with Crippen molar-refractivity contribution in [2.24, 2.45) is 23.7 Å². The number of carbonyl (C=O) groups excluding carboxylic acids is 3. The van der Waals surface area contributed by atoms with Crippen LogP contribution < -0.4 is 0 Å². The van der Waals surface area contributed by atoms with E-state index in [1.807, 2.05) is 0 Å². The van der Waals surface area contributed by atoms with Crippen LogP contribution in [0.4, 0.5) is 0 Å². The molecule has 0 amide bonds. The maximum Gasteiger partial charge on any atom is 0.317 e. The van der Waals surface area contributed by atoms with E-state index < -0.39 is 29.7 Å². The summed E-state index contributed by atoms with van der Waals surface area (Å²) in [7, 11) is 0. The molecule has 5 nitrogen and oxygen atoms in total. The van der Waals surface area contributed by atoms with E-state index in [1.165, 1.54) is 0 Å². The molecule has 4 unspecified atom stereocenters. The molecule has 3 fully saturated rings. The van der Waals surface area contributed by atoms with Crippen LogP contribution in [0.2, 0.25) is 0 Å². The molecule has 0 aromatic heterocycles. The van der Waals surface area contributed by atoms with Gasteiger partial charge in [0, 0.05) is 5.92 Å². The lowest BCUT2D eigenvalue weighted by atomic mass is 9.83. The minimum atomic E-state index is -0.583. The Labute approximate surface area is 91.4 Å². The Balaban J connectivity index is 2.02. The van der Waals surface area contributed by atoms with Gasteiger partial charge in [0.25, 0.3) is 0 Å². The molecule has 0 radical (unpaired) electrons. The number of rotatable bonds is 0. The summed E-state index contributed by atoms with van der Waals surface area (Å²) in [6, 6.07) is 0. The zero-order valence-corrected chi connectivity index (χ0v) is 8.47. The average Bonchev–Trinajstić information content (AvgIpc) is 2.52. The number of ether oxygens (including phenoxy) is 2. The van der Waals surface area contributed by atoms with Gasteiger partial charge in [-0.15, -0.1) is 0 Å². The predicted octanol–water partition coefficient (Wildman–Crippen LogP) is 0.399. The number of allylic oxidation sites excluding steroid dienone is 1. The van der Waals surface area contributed by atoms with Crippen molar-refractivity contribution in [3.63, 3.8) is 0 Å². The van der Waals surface area contributed by atoms with Crippen molar-refractivity contribution in [3.8, 4) is 0 Å². The lowest BCUT2D eigenvalue weighted by Gasteiger charge is -2.25. The first kappa shape index (κ1) is 9.57. The van der Waals surface area contributed by atoms with E-state index in [1.54, 1.807) is 0 Å². The van der Waals surface area contributed by atoms with Crippen LogP contribution in [0.25, 0.3) is 0 Å². The smallest absolute Gasteiger partial charge is 0.317 e. The highest BCUT2D eigenvalue weighted by atomic mass is 16.6. The van der Waals surface area contributed by atoms with Crippen molar-refractivity contribution in [2.45, 2.75) is 12.8 Å². The van der Waals surface area contributed by atoms with Gasteiger partial charge in [0.05, 0.1) is 18.3 Å². The van der Waals surface area contributed by atoms with Crippen LogP contribution in [0, 0.1) is 23.7 Å². The Morgan fingerprint density at radius 1 is 1.06 bits per heavy atom. The summed E-state index contributed by atoms with van der Waals surface area (Å²) in [5.41, 5.74) is 0. The maximum absolute atomic E-state index is 11.6. The number of esters is 3. The van der Waals surface area contributed by atoms with Gasteiger partial charge < -0.3 is 9.47 Å². The van der Waals surface area contributed by atoms with E-state index in [4.69, 9.17) is 4.74 Å². The number of carbonyl (C=O) groups is 3. The Bertz CT molecular complexity index is 424. The number of hydrogen-bond donors (Lipinski definition) is 0. The summed E-state index contributed by atoms with van der Waals surface area (Å²) < 4.78 is 9.57. The van der Waals surface area contributed by atoms with Gasteiger partial charge in [0.15, 0.2) is 0 Å². The van der Waals surface area contributed by atoms with Crippen LogP contribution in [0.3, 0.4) is 0 Å². The molecule has 1 saturated carbocycles. The average molecular weight is 222 g/mol. The Morgan fingerprint density at radius 2 is 1.81 bits per heavy atom. The van der Waals surface area contributed by atoms with Crippen molar-refractivity contribution >= 4 is 17.9 Å². The van der Waals surface area contributed by atoms with Crippen LogP contribution in [0.5, 0.6) is 0 Å². The van der Waals surface area contributed by atoms with Gasteiger partial charge in [0.2, 0.25) is 0 Å². The second-order valence-electron chi connectivity index (χ2n) is 4.52. The molecule has 0 aromatic rings. The van der Waals surface area contributed by atoms with E-state index >= 15 is 0 Å². The normalized spacial score (nSPS) is 41.5. The fraction of sp³-hybridized carbons (Fsp3) is 0.545. The third kappa shape index (κ3) is 1.08. The summed E-state index contributed by atoms with van der Waals surface area (Å²) in [6.45, 7) is 3.68. The molecule has 84 valence electrons. The summed E-state index contributed by atoms with van der Waals surface area (Å²) in [5.74, 6) is -2.34. The first-order valence-corrected chi connectivity index (χ1v) is 5.23. The van der Waals surface area contributed by atoms with Crippen molar-refractivity contribution in [1.82, 2.24) is 0 Å². The highest BCUT2D eigenvalue weighted by molar-refractivity contribution is 5.94. The first-order valence-electron chi connectivity index (χ1n) is 5.23. The van der Waals surface area contributed by atoms with Crippen molar-refractivity contribution in [1.29, 1.82) is 0 Å². The summed E-state index contributed by atoms with van der Waals surface area (Å²) >= 11 is 0. The highest BCUT2D eigenvalue weighted by Crippen LogP contribution is 2.52. The Kier molecular flexibility index (Phi) is 1.75. The highest BCUT2D eigenvalue weighted by Gasteiger charge is 2.58. The van der Waals surface area contributed by atoms with Gasteiger partial charge in [-0.05, 0) is 12.3 Å². The Hall–Kier alpha value is -1.65. The molecule has 1 aliphatic carbocycles. The molecule has 0 spiro atoms. The second-order valence-corrected chi connectivity index (χ2v) is 4.52. The van der Waals surface area contributed by atoms with Crippen LogP contribution in [0.15, 0.2) is 12.3 Å². The van der Waals surface area contributed by atoms with E-state index in [9.17, 15) is 14.4 Å². The van der Waals surface area contributed by atoms with E-state index in [-0.39, 0.29) is 18.3 Å². The monoisotopic (exact) mass is 222 g/mol. The van der Waals surface area contributed by atoms with Gasteiger partial charge in [-0.3, -0.25) is 14.4 Å². The molecule has 0 aromatic carbocycles. The van der Waals surface area contributed by atoms with E-state index in [0.717, 1.165) is 0 Å². The molecule has 5 heteroatoms. The minimum absolute atomic E-state index is 0.0653. The van der Waals surface area contributed by atoms with Crippen LogP contribution in [-0.4, -0.2) is 17.9 Å². The quantitative estimate of drug-likeness (QED) is 0.438. The zero-order valence-electron chi connectivity index (χ0n) is 8.47. The van der Waals surface area contributed by atoms with Gasteiger partial charge in [-0.25, -0.2) is 0 Å². The Morgan fingerprint density at radius 3 is 2.56 bits per heavy atom. The van der Waals surface area contributed by atoms with Crippen molar-refractivity contribution < 1.29 is 23.9 Å². The largest absolute Gasteiger partial charge is 0.431 e. The molecule has 3 aliphatic rings. The van der Waals surface area contributed by atoms with Crippen LogP contribution >= 0.6 is 0 Å². The van der Waals surface area contributed by atoms with Gasteiger partial charge >= 0.3 is 17.9 Å². The maximum atomic E-state index is 11.6. The standard InChI is InChI=1S/C11H10O5/c1-4-5-2-7(10(13)15-4)9-6(5)3-8(12)16-11(9)14/h5-7,9H,1-3H2. The first-order chi connectivity index (χ1) is 7.58. The number of cyclic esters (lactones) is 3. The number of fused-ring (bicyclic) bond motifs is 5. The second kappa shape index (κ2) is 2.93. The summed E-state index contributed by atoms with van der Waals surface area (Å²) in [6.07, 6.45) is 0.725. The third-order valence-corrected chi connectivity index (χ3v) is 3.76. The zero-order chi connectivity index (χ0) is 11.4. The van der Waals surface area contributed by atoms with Crippen molar-refractivity contribution in [2.75, 3.05) is 0 Å². The molecule has 16 heavy (non-hydrogen) atoms. The molecule has 0 N–H and O–H groups in total. The van der Waals surface area contributed by atoms with E-state index in [0.29, 0.717) is 12.2 Å². The lowest BCUT2D eigenvalue weighted by molar-refractivity contribution is -0.172. The summed E-state index contributed by atoms with van der Waals surface area (Å²) in [4.78, 5) is 34.4. The fourth-order valence-corrected chi connectivity index (χ4v) is 3.06. The van der Waals surface area contributed by atoms with Gasteiger partial charge in [-0.2, -0.15) is 0 Å². The van der Waals surface area contributed by atoms with E-state index in [2.05, 4.69) is 11.3 Å². The lowest BCUT2D eigenvalue weighted by Crippen LogP contribution is -2.37. The SMILES string of the molecule is C=C1OC(=O)C2CC1C1CC(=O)OC(=O)C21. The molecule has 2 bridgehead atoms. The van der Waals surface area contributed by atoms with Crippen molar-refractivity contribution in [3.05, 3.63) is 12.3 Å². The fourth-order valence-electron chi connectivity index (χ4n) is 3.06. The number of hydrogen-bond acceptors (Lipinski definition) is 5. The predicted molar refractivity (Wildman–Crippen MR) is 49.5 cm³/mol. The minimum Gasteiger partial charge on any atom is -0.431 e. The topological polar surface area (TPSA) is 69.7 Å². The molecule has 3 rings (SSSR count). The molecular weight excluding hydrogens is 212 g/mol. The molecule has 2 saturated heterocycles.